The van der Waals surface area contributed by atoms with Crippen LogP contribution in [0.5, 0.6) is 5.75 Å². The van der Waals surface area contributed by atoms with Crippen LogP contribution in [0.2, 0.25) is 0 Å². The molecule has 0 saturated heterocycles. The van der Waals surface area contributed by atoms with E-state index in [2.05, 4.69) is 5.32 Å². The van der Waals surface area contributed by atoms with Gasteiger partial charge in [0.2, 0.25) is 0 Å². The molecule has 21 heavy (non-hydrogen) atoms. The Morgan fingerprint density at radius 1 is 1.10 bits per heavy atom. The molecule has 0 atom stereocenters. The van der Waals surface area contributed by atoms with Crippen molar-refractivity contribution in [3.05, 3.63) is 53.6 Å². The number of carbonyl (C=O) groups excluding carboxylic acids is 1. The van der Waals surface area contributed by atoms with Crippen LogP contribution in [0.25, 0.3) is 0 Å². The van der Waals surface area contributed by atoms with Crippen molar-refractivity contribution in [1.29, 1.82) is 0 Å². The van der Waals surface area contributed by atoms with Crippen LogP contribution in [0.3, 0.4) is 0 Å². The Kier molecular flexibility index (Phi) is 4.08. The normalized spacial score (nSPS) is 9.95. The largest absolute Gasteiger partial charge is 0.497 e. The van der Waals surface area contributed by atoms with Gasteiger partial charge in [0.15, 0.2) is 0 Å². The molecule has 0 unspecified atom stereocenters. The number of hydrogen-bond acceptors (Lipinski definition) is 4. The Bertz CT molecular complexity index is 681. The number of benzene rings is 2. The van der Waals surface area contributed by atoms with Crippen LogP contribution in [-0.2, 0) is 0 Å². The molecular formula is C15H14N2O4. The lowest BCUT2D eigenvalue weighted by atomic mass is 10.1. The molecule has 6 nitrogen and oxygen atoms in total. The fourth-order valence-corrected chi connectivity index (χ4v) is 1.75. The average molecular weight is 286 g/mol. The third kappa shape index (κ3) is 3.30. The second-order valence-corrected chi connectivity index (χ2v) is 4.29. The minimum atomic E-state index is -1.07. The molecule has 6 heteroatoms. The molecule has 0 aliphatic rings. The first-order valence-electron chi connectivity index (χ1n) is 6.09. The van der Waals surface area contributed by atoms with Gasteiger partial charge in [0.05, 0.1) is 24.0 Å². The second-order valence-electron chi connectivity index (χ2n) is 4.29. The maximum Gasteiger partial charge on any atom is 0.335 e. The number of carboxylic acids is 1. The molecule has 2 aromatic rings. The molecule has 0 spiro atoms. The summed E-state index contributed by atoms with van der Waals surface area (Å²) >= 11 is 0. The molecule has 0 heterocycles. The molecule has 2 aromatic carbocycles. The van der Waals surface area contributed by atoms with E-state index in [-0.39, 0.29) is 17.2 Å². The second kappa shape index (κ2) is 5.96. The third-order valence-electron chi connectivity index (χ3n) is 2.90. The highest BCUT2D eigenvalue weighted by Crippen LogP contribution is 2.21. The summed E-state index contributed by atoms with van der Waals surface area (Å²) in [6.07, 6.45) is 0. The molecule has 0 bridgehead atoms. The monoisotopic (exact) mass is 286 g/mol. The van der Waals surface area contributed by atoms with Crippen LogP contribution in [0.15, 0.2) is 42.5 Å². The number of carboxylic acid groups (broad SMARTS) is 1. The van der Waals surface area contributed by atoms with E-state index < -0.39 is 5.97 Å². The summed E-state index contributed by atoms with van der Waals surface area (Å²) in [5, 5.41) is 11.5. The fraction of sp³-hybridized carbons (Fsp3) is 0.0667. The standard InChI is InChI=1S/C15H14N2O4/c1-21-11-5-2-9(3-6-11)14(18)17-13-7-4-10(15(19)20)8-12(13)16/h2-8H,16H2,1H3,(H,17,18)(H,19,20). The number of nitrogen functional groups attached to an aromatic ring is 1. The topological polar surface area (TPSA) is 102 Å². The number of rotatable bonds is 4. The Balaban J connectivity index is 2.17. The number of nitrogens with two attached hydrogens (primary N) is 1. The van der Waals surface area contributed by atoms with Crippen LogP contribution in [-0.4, -0.2) is 24.1 Å². The van der Waals surface area contributed by atoms with Gasteiger partial charge in [0, 0.05) is 5.56 Å². The number of hydrogen-bond donors (Lipinski definition) is 3. The number of anilines is 2. The minimum absolute atomic E-state index is 0.0648. The van der Waals surface area contributed by atoms with Crippen molar-refractivity contribution in [1.82, 2.24) is 0 Å². The Morgan fingerprint density at radius 3 is 2.24 bits per heavy atom. The highest BCUT2D eigenvalue weighted by atomic mass is 16.5. The summed E-state index contributed by atoms with van der Waals surface area (Å²) in [4.78, 5) is 22.9. The molecule has 0 aliphatic heterocycles. The maximum atomic E-state index is 12.1. The predicted octanol–water partition coefficient (Wildman–Crippen LogP) is 2.23. The van der Waals surface area contributed by atoms with Crippen molar-refractivity contribution < 1.29 is 19.4 Å². The Morgan fingerprint density at radius 2 is 1.71 bits per heavy atom. The van der Waals surface area contributed by atoms with Crippen LogP contribution in [0.4, 0.5) is 11.4 Å². The SMILES string of the molecule is COc1ccc(C(=O)Nc2ccc(C(=O)O)cc2N)cc1. The smallest absolute Gasteiger partial charge is 0.335 e. The van der Waals surface area contributed by atoms with Gasteiger partial charge in [0.1, 0.15) is 5.75 Å². The number of carbonyl (C=O) groups is 2. The highest BCUT2D eigenvalue weighted by molar-refractivity contribution is 6.06. The summed E-state index contributed by atoms with van der Waals surface area (Å²) in [5.41, 5.74) is 6.79. The molecule has 0 aliphatic carbocycles. The van der Waals surface area contributed by atoms with Crippen molar-refractivity contribution in [3.8, 4) is 5.75 Å². The first-order chi connectivity index (χ1) is 10.0. The number of aromatic carboxylic acids is 1. The van der Waals surface area contributed by atoms with Gasteiger partial charge in [-0.25, -0.2) is 4.79 Å². The molecule has 0 fully saturated rings. The zero-order valence-electron chi connectivity index (χ0n) is 11.3. The van der Waals surface area contributed by atoms with E-state index in [0.717, 1.165) is 0 Å². The minimum Gasteiger partial charge on any atom is -0.497 e. The average Bonchev–Trinajstić information content (AvgIpc) is 2.49. The quantitative estimate of drug-likeness (QED) is 0.748. The zero-order chi connectivity index (χ0) is 15.4. The van der Waals surface area contributed by atoms with Gasteiger partial charge >= 0.3 is 5.97 Å². The van der Waals surface area contributed by atoms with E-state index in [1.54, 1.807) is 31.4 Å². The summed E-state index contributed by atoms with van der Waals surface area (Å²) < 4.78 is 5.01. The van der Waals surface area contributed by atoms with Crippen LogP contribution < -0.4 is 15.8 Å². The lowest BCUT2D eigenvalue weighted by molar-refractivity contribution is 0.0697. The lowest BCUT2D eigenvalue weighted by Gasteiger charge is -2.09. The van der Waals surface area contributed by atoms with E-state index in [0.29, 0.717) is 17.0 Å². The molecule has 0 aromatic heterocycles. The van der Waals surface area contributed by atoms with E-state index in [4.69, 9.17) is 15.6 Å². The van der Waals surface area contributed by atoms with Crippen molar-refractivity contribution in [2.75, 3.05) is 18.2 Å². The molecule has 108 valence electrons. The Hall–Kier alpha value is -3.02. The number of amides is 1. The van der Waals surface area contributed by atoms with Crippen molar-refractivity contribution in [2.45, 2.75) is 0 Å². The third-order valence-corrected chi connectivity index (χ3v) is 2.90. The van der Waals surface area contributed by atoms with Gasteiger partial charge in [-0.3, -0.25) is 4.79 Å². The van der Waals surface area contributed by atoms with Gasteiger partial charge in [-0.2, -0.15) is 0 Å². The molecule has 2 rings (SSSR count). The molecule has 0 saturated carbocycles. The summed E-state index contributed by atoms with van der Waals surface area (Å²) in [6.45, 7) is 0. The van der Waals surface area contributed by atoms with E-state index in [9.17, 15) is 9.59 Å². The number of nitrogens with one attached hydrogen (secondary N) is 1. The zero-order valence-corrected chi connectivity index (χ0v) is 11.3. The van der Waals surface area contributed by atoms with E-state index in [1.807, 2.05) is 0 Å². The number of ether oxygens (including phenoxy) is 1. The van der Waals surface area contributed by atoms with Crippen molar-refractivity contribution in [3.63, 3.8) is 0 Å². The van der Waals surface area contributed by atoms with Gasteiger partial charge in [-0.1, -0.05) is 0 Å². The Labute approximate surface area is 121 Å². The van der Waals surface area contributed by atoms with Gasteiger partial charge < -0.3 is 20.9 Å². The van der Waals surface area contributed by atoms with Gasteiger partial charge in [-0.15, -0.1) is 0 Å². The summed E-state index contributed by atoms with van der Waals surface area (Å²) in [6, 6.07) is 10.7. The summed E-state index contributed by atoms with van der Waals surface area (Å²) in [7, 11) is 1.54. The van der Waals surface area contributed by atoms with Gasteiger partial charge in [0.25, 0.3) is 5.91 Å². The molecule has 0 radical (unpaired) electrons. The first kappa shape index (κ1) is 14.4. The molecular weight excluding hydrogens is 272 g/mol. The van der Waals surface area contributed by atoms with Crippen LogP contribution in [0.1, 0.15) is 20.7 Å². The van der Waals surface area contributed by atoms with E-state index in [1.165, 1.54) is 18.2 Å². The number of methoxy groups -OCH3 is 1. The summed E-state index contributed by atoms with van der Waals surface area (Å²) in [5.74, 6) is -0.765. The highest BCUT2D eigenvalue weighted by Gasteiger charge is 2.10. The first-order valence-corrected chi connectivity index (χ1v) is 6.09. The van der Waals surface area contributed by atoms with Gasteiger partial charge in [-0.05, 0) is 42.5 Å². The van der Waals surface area contributed by atoms with Crippen molar-refractivity contribution >= 4 is 23.3 Å². The lowest BCUT2D eigenvalue weighted by Crippen LogP contribution is -2.13. The predicted molar refractivity (Wildman–Crippen MR) is 78.8 cm³/mol. The fourth-order valence-electron chi connectivity index (χ4n) is 1.75. The van der Waals surface area contributed by atoms with Crippen LogP contribution >= 0.6 is 0 Å². The van der Waals surface area contributed by atoms with E-state index >= 15 is 0 Å². The maximum absolute atomic E-state index is 12.1. The molecule has 4 N–H and O–H groups in total. The molecule has 1 amide bonds. The van der Waals surface area contributed by atoms with Crippen LogP contribution in [0, 0.1) is 0 Å². The van der Waals surface area contributed by atoms with Crippen molar-refractivity contribution in [2.24, 2.45) is 0 Å².